The summed E-state index contributed by atoms with van der Waals surface area (Å²) in [7, 11) is 1.39. The minimum absolute atomic E-state index is 0.0319. The molecule has 0 saturated carbocycles. The van der Waals surface area contributed by atoms with Crippen molar-refractivity contribution in [3.8, 4) is 28.6 Å². The number of aromatic nitrogens is 2. The lowest BCUT2D eigenvalue weighted by molar-refractivity contribution is -0.140. The van der Waals surface area contributed by atoms with Crippen LogP contribution in [0.2, 0.25) is 0 Å². The van der Waals surface area contributed by atoms with Crippen LogP contribution < -0.4 is 14.2 Å². The summed E-state index contributed by atoms with van der Waals surface area (Å²) in [6.07, 6.45) is -4.07. The molecule has 1 heterocycles. The number of methoxy groups -OCH3 is 1. The van der Waals surface area contributed by atoms with Crippen LogP contribution in [0.4, 0.5) is 17.6 Å². The molecule has 3 aromatic rings. The van der Waals surface area contributed by atoms with Crippen molar-refractivity contribution in [1.29, 1.82) is 0 Å². The van der Waals surface area contributed by atoms with Crippen molar-refractivity contribution in [2.75, 3.05) is 13.7 Å². The van der Waals surface area contributed by atoms with Crippen LogP contribution >= 0.6 is 0 Å². The van der Waals surface area contributed by atoms with Crippen molar-refractivity contribution in [2.24, 2.45) is 0 Å². The van der Waals surface area contributed by atoms with Crippen LogP contribution in [-0.4, -0.2) is 40.9 Å². The fraction of sp³-hybridized carbons (Fsp3) is 0.292. The molecule has 3 rings (SSSR count). The second-order valence-electron chi connectivity index (χ2n) is 7.40. The zero-order valence-electron chi connectivity index (χ0n) is 18.6. The molecule has 11 heteroatoms. The third kappa shape index (κ3) is 7.83. The summed E-state index contributed by atoms with van der Waals surface area (Å²) in [5, 5.41) is 8.83. The first-order chi connectivity index (χ1) is 16.6. The third-order valence-corrected chi connectivity index (χ3v) is 4.76. The van der Waals surface area contributed by atoms with Gasteiger partial charge >= 0.3 is 12.1 Å². The molecule has 0 bridgehead atoms. The molecule has 0 atom stereocenters. The Balaban J connectivity index is 1.82. The van der Waals surface area contributed by atoms with Crippen molar-refractivity contribution >= 4 is 5.97 Å². The maximum Gasteiger partial charge on any atom is 0.392 e. The van der Waals surface area contributed by atoms with Gasteiger partial charge in [0.1, 0.15) is 35.3 Å². The van der Waals surface area contributed by atoms with Crippen molar-refractivity contribution in [3.63, 3.8) is 0 Å². The summed E-state index contributed by atoms with van der Waals surface area (Å²) in [6.45, 7) is -0.835. The third-order valence-electron chi connectivity index (χ3n) is 4.76. The molecule has 2 aromatic carbocycles. The number of aliphatic carboxylic acids is 1. The van der Waals surface area contributed by atoms with E-state index in [0.717, 1.165) is 11.6 Å². The second-order valence-corrected chi connectivity index (χ2v) is 7.40. The zero-order valence-corrected chi connectivity index (χ0v) is 18.6. The Bertz CT molecular complexity index is 1170. The molecule has 1 aromatic heterocycles. The molecule has 1 N–H and O–H groups in total. The summed E-state index contributed by atoms with van der Waals surface area (Å²) in [5.41, 5.74) is 0.867. The lowest BCUT2D eigenvalue weighted by Crippen LogP contribution is -2.14. The number of ether oxygens (including phenoxy) is 3. The highest BCUT2D eigenvalue weighted by molar-refractivity contribution is 5.67. The molecule has 35 heavy (non-hydrogen) atoms. The average Bonchev–Trinajstić information content (AvgIpc) is 2.81. The standard InChI is InChI=1S/C24H22F4N2O5/c1-33-17-6-7-20(25)19(12-17)22-23(34-10-9-24(26,27)28)30-16(13-29-22)14-35-18-4-2-3-15(11-18)5-8-21(31)32/h2-4,6-7,11-13H,5,8-10,14H2,1H3,(H,31,32). The summed E-state index contributed by atoms with van der Waals surface area (Å²) < 4.78 is 68.4. The molecule has 0 amide bonds. The molecule has 7 nitrogen and oxygen atoms in total. The number of carboxylic acid groups (broad SMARTS) is 1. The van der Waals surface area contributed by atoms with Crippen LogP contribution in [0.1, 0.15) is 24.1 Å². The minimum Gasteiger partial charge on any atom is -0.497 e. The number of alkyl halides is 3. The quantitative estimate of drug-likeness (QED) is 0.366. The predicted molar refractivity (Wildman–Crippen MR) is 117 cm³/mol. The van der Waals surface area contributed by atoms with Gasteiger partial charge < -0.3 is 19.3 Å². The van der Waals surface area contributed by atoms with Gasteiger partial charge in [-0.05, 0) is 42.3 Å². The molecular formula is C24H22F4N2O5. The monoisotopic (exact) mass is 494 g/mol. The van der Waals surface area contributed by atoms with E-state index < -0.39 is 31.0 Å². The van der Waals surface area contributed by atoms with Crippen LogP contribution in [0.15, 0.2) is 48.7 Å². The fourth-order valence-electron chi connectivity index (χ4n) is 3.04. The van der Waals surface area contributed by atoms with E-state index in [1.807, 2.05) is 0 Å². The Hall–Kier alpha value is -3.89. The number of hydrogen-bond donors (Lipinski definition) is 1. The molecule has 0 aliphatic heterocycles. The first-order valence-electron chi connectivity index (χ1n) is 10.5. The van der Waals surface area contributed by atoms with E-state index in [1.54, 1.807) is 24.3 Å². The van der Waals surface area contributed by atoms with E-state index >= 15 is 0 Å². The molecule has 0 saturated heterocycles. The lowest BCUT2D eigenvalue weighted by atomic mass is 10.1. The zero-order chi connectivity index (χ0) is 25.4. The molecule has 0 unspecified atom stereocenters. The van der Waals surface area contributed by atoms with Crippen LogP contribution in [-0.2, 0) is 17.8 Å². The van der Waals surface area contributed by atoms with E-state index in [0.29, 0.717) is 17.9 Å². The smallest absolute Gasteiger partial charge is 0.392 e. The van der Waals surface area contributed by atoms with Crippen LogP contribution in [0.25, 0.3) is 11.3 Å². The normalized spacial score (nSPS) is 11.2. The lowest BCUT2D eigenvalue weighted by Gasteiger charge is -2.14. The fourth-order valence-corrected chi connectivity index (χ4v) is 3.04. The number of aryl methyl sites for hydroxylation is 1. The van der Waals surface area contributed by atoms with Gasteiger partial charge in [-0.3, -0.25) is 4.79 Å². The van der Waals surface area contributed by atoms with Crippen LogP contribution in [0, 0.1) is 5.82 Å². The minimum atomic E-state index is -4.44. The van der Waals surface area contributed by atoms with Gasteiger partial charge in [0.25, 0.3) is 0 Å². The highest BCUT2D eigenvalue weighted by Gasteiger charge is 2.27. The van der Waals surface area contributed by atoms with Crippen molar-refractivity contribution < 1.29 is 41.7 Å². The summed E-state index contributed by atoms with van der Waals surface area (Å²) in [6, 6.07) is 10.7. The van der Waals surface area contributed by atoms with Gasteiger partial charge in [0.15, 0.2) is 0 Å². The van der Waals surface area contributed by atoms with Gasteiger partial charge in [-0.25, -0.2) is 14.4 Å². The molecule has 0 spiro atoms. The molecule has 0 aliphatic rings. The largest absolute Gasteiger partial charge is 0.497 e. The highest BCUT2D eigenvalue weighted by atomic mass is 19.4. The van der Waals surface area contributed by atoms with E-state index in [4.69, 9.17) is 19.3 Å². The van der Waals surface area contributed by atoms with Gasteiger partial charge in [-0.2, -0.15) is 13.2 Å². The predicted octanol–water partition coefficient (Wildman–Crippen LogP) is 5.22. The maximum atomic E-state index is 14.5. The van der Waals surface area contributed by atoms with Crippen LogP contribution in [0.5, 0.6) is 17.4 Å². The van der Waals surface area contributed by atoms with Gasteiger partial charge in [0, 0.05) is 12.0 Å². The molecular weight excluding hydrogens is 472 g/mol. The molecule has 0 aliphatic carbocycles. The number of halogens is 4. The van der Waals surface area contributed by atoms with E-state index in [-0.39, 0.29) is 35.9 Å². The van der Waals surface area contributed by atoms with Gasteiger partial charge in [0.2, 0.25) is 5.88 Å². The topological polar surface area (TPSA) is 90.8 Å². The van der Waals surface area contributed by atoms with E-state index in [2.05, 4.69) is 9.97 Å². The van der Waals surface area contributed by atoms with Crippen molar-refractivity contribution in [3.05, 3.63) is 65.7 Å². The highest BCUT2D eigenvalue weighted by Crippen LogP contribution is 2.32. The first kappa shape index (κ1) is 25.7. The van der Waals surface area contributed by atoms with Crippen molar-refractivity contribution in [1.82, 2.24) is 9.97 Å². The Kier molecular flexibility index (Phi) is 8.45. The van der Waals surface area contributed by atoms with Gasteiger partial charge in [-0.15, -0.1) is 0 Å². The summed E-state index contributed by atoms with van der Waals surface area (Å²) in [5.74, 6) is -1.12. The SMILES string of the molecule is COc1ccc(F)c(-c2ncc(COc3cccc(CCC(=O)O)c3)nc2OCCC(F)(F)F)c1. The Labute approximate surface area is 198 Å². The molecule has 186 valence electrons. The van der Waals surface area contributed by atoms with E-state index in [9.17, 15) is 22.4 Å². The first-order valence-corrected chi connectivity index (χ1v) is 10.5. The van der Waals surface area contributed by atoms with Gasteiger partial charge in [0.05, 0.1) is 26.3 Å². The van der Waals surface area contributed by atoms with Crippen molar-refractivity contribution in [2.45, 2.75) is 32.0 Å². The van der Waals surface area contributed by atoms with Crippen LogP contribution in [0.3, 0.4) is 0 Å². The number of rotatable bonds is 11. The maximum absolute atomic E-state index is 14.5. The summed E-state index contributed by atoms with van der Waals surface area (Å²) >= 11 is 0. The number of carbonyl (C=O) groups is 1. The Morgan fingerprint density at radius 3 is 2.60 bits per heavy atom. The molecule has 0 radical (unpaired) electrons. The van der Waals surface area contributed by atoms with E-state index in [1.165, 1.54) is 25.4 Å². The Morgan fingerprint density at radius 1 is 1.09 bits per heavy atom. The van der Waals surface area contributed by atoms with Gasteiger partial charge in [-0.1, -0.05) is 12.1 Å². The number of hydrogen-bond acceptors (Lipinski definition) is 6. The Morgan fingerprint density at radius 2 is 1.89 bits per heavy atom. The number of carboxylic acids is 1. The number of benzene rings is 2. The number of nitrogens with zero attached hydrogens (tertiary/aromatic N) is 2. The summed E-state index contributed by atoms with van der Waals surface area (Å²) in [4.78, 5) is 19.1. The molecule has 0 fully saturated rings. The average molecular weight is 494 g/mol. The second kappa shape index (κ2) is 11.5.